The van der Waals surface area contributed by atoms with E-state index in [4.69, 9.17) is 15.8 Å². The maximum Gasteiger partial charge on any atom is 0.268 e. The molecule has 0 unspecified atom stereocenters. The molecular weight excluding hydrogens is 498 g/mol. The summed E-state index contributed by atoms with van der Waals surface area (Å²) in [6, 6.07) is 12.4. The summed E-state index contributed by atoms with van der Waals surface area (Å²) in [5.74, 6) is -0.106. The molecule has 12 heteroatoms. The minimum Gasteiger partial charge on any atom is -0.264 e. The molecule has 3 rings (SSSR count). The number of halogens is 1. The standard InChI is InChI=1S/C20H22ClNO7S3/c1-30(23,24)12-6-9-17-18-11-10-15(21)13-19(18)22(20(17)14-29-31(2,25)26)32(27,28)16-7-4-3-5-8-16/h3-5,7-8,10-11,13H,6,9,12,14H2,1-2H3. The Labute approximate surface area is 192 Å². The Morgan fingerprint density at radius 2 is 1.59 bits per heavy atom. The molecule has 0 aliphatic rings. The highest BCUT2D eigenvalue weighted by atomic mass is 35.5. The largest absolute Gasteiger partial charge is 0.268 e. The van der Waals surface area contributed by atoms with E-state index in [9.17, 15) is 25.3 Å². The van der Waals surface area contributed by atoms with Gasteiger partial charge in [0, 0.05) is 16.7 Å². The number of sulfone groups is 1. The minimum atomic E-state index is -4.15. The molecular formula is C20H22ClNO7S3. The lowest BCUT2D eigenvalue weighted by Gasteiger charge is -2.13. The predicted molar refractivity (Wildman–Crippen MR) is 124 cm³/mol. The van der Waals surface area contributed by atoms with Crippen LogP contribution in [-0.2, 0) is 47.2 Å². The molecule has 0 saturated heterocycles. The third kappa shape index (κ3) is 5.70. The van der Waals surface area contributed by atoms with E-state index < -0.39 is 36.6 Å². The molecule has 0 amide bonds. The van der Waals surface area contributed by atoms with E-state index in [0.717, 1.165) is 16.5 Å². The zero-order valence-electron chi connectivity index (χ0n) is 17.4. The van der Waals surface area contributed by atoms with Crippen LogP contribution in [0.25, 0.3) is 10.9 Å². The van der Waals surface area contributed by atoms with Gasteiger partial charge < -0.3 is 0 Å². The van der Waals surface area contributed by atoms with Gasteiger partial charge in [0.1, 0.15) is 16.4 Å². The molecule has 0 saturated carbocycles. The first-order chi connectivity index (χ1) is 14.8. The molecule has 174 valence electrons. The van der Waals surface area contributed by atoms with Crippen LogP contribution in [0.4, 0.5) is 0 Å². The zero-order chi connectivity index (χ0) is 23.7. The number of hydrogen-bond acceptors (Lipinski definition) is 7. The SMILES string of the molecule is CS(=O)(=O)CCCc1c(COS(C)(=O)=O)n(S(=O)(=O)c2ccccc2)c2cc(Cl)ccc12. The van der Waals surface area contributed by atoms with Crippen molar-refractivity contribution in [3.63, 3.8) is 0 Å². The maximum atomic E-state index is 13.6. The van der Waals surface area contributed by atoms with Gasteiger partial charge in [0.2, 0.25) is 0 Å². The van der Waals surface area contributed by atoms with Crippen molar-refractivity contribution < 1.29 is 29.4 Å². The van der Waals surface area contributed by atoms with E-state index in [1.807, 2.05) is 0 Å². The quantitative estimate of drug-likeness (QED) is 0.399. The van der Waals surface area contributed by atoms with Gasteiger partial charge in [-0.2, -0.15) is 8.42 Å². The monoisotopic (exact) mass is 519 g/mol. The van der Waals surface area contributed by atoms with Crippen molar-refractivity contribution >= 4 is 52.5 Å². The van der Waals surface area contributed by atoms with Crippen LogP contribution < -0.4 is 0 Å². The number of hydrogen-bond donors (Lipinski definition) is 0. The second kappa shape index (κ2) is 9.14. The Bertz CT molecular complexity index is 1460. The lowest BCUT2D eigenvalue weighted by atomic mass is 10.1. The maximum absolute atomic E-state index is 13.6. The fourth-order valence-electron chi connectivity index (χ4n) is 3.42. The number of aryl methyl sites for hydroxylation is 1. The van der Waals surface area contributed by atoms with E-state index >= 15 is 0 Å². The Kier molecular flexibility index (Phi) is 7.06. The van der Waals surface area contributed by atoms with Gasteiger partial charge in [-0.3, -0.25) is 4.18 Å². The van der Waals surface area contributed by atoms with Gasteiger partial charge in [0.25, 0.3) is 20.1 Å². The van der Waals surface area contributed by atoms with Gasteiger partial charge in [-0.25, -0.2) is 20.8 Å². The van der Waals surface area contributed by atoms with Crippen molar-refractivity contribution in [2.75, 3.05) is 18.3 Å². The lowest BCUT2D eigenvalue weighted by Crippen LogP contribution is -2.18. The molecule has 8 nitrogen and oxygen atoms in total. The molecule has 0 aliphatic carbocycles. The van der Waals surface area contributed by atoms with E-state index in [2.05, 4.69) is 0 Å². The molecule has 2 aromatic carbocycles. The molecule has 0 fully saturated rings. The van der Waals surface area contributed by atoms with Gasteiger partial charge in [0.15, 0.2) is 0 Å². The number of benzene rings is 2. The zero-order valence-corrected chi connectivity index (χ0v) is 20.6. The van der Waals surface area contributed by atoms with Crippen LogP contribution in [0.1, 0.15) is 17.7 Å². The summed E-state index contributed by atoms with van der Waals surface area (Å²) in [5, 5.41) is 0.812. The molecule has 1 aromatic heterocycles. The van der Waals surface area contributed by atoms with Gasteiger partial charge in [-0.1, -0.05) is 35.9 Å². The first-order valence-electron chi connectivity index (χ1n) is 9.44. The summed E-state index contributed by atoms with van der Waals surface area (Å²) >= 11 is 6.15. The van der Waals surface area contributed by atoms with E-state index in [-0.39, 0.29) is 39.7 Å². The number of fused-ring (bicyclic) bond motifs is 1. The number of nitrogens with zero attached hydrogens (tertiary/aromatic N) is 1. The highest BCUT2D eigenvalue weighted by Crippen LogP contribution is 2.34. The molecule has 3 aromatic rings. The van der Waals surface area contributed by atoms with Crippen LogP contribution in [0.3, 0.4) is 0 Å². The van der Waals surface area contributed by atoms with E-state index in [1.165, 1.54) is 18.2 Å². The Balaban J connectivity index is 2.29. The molecule has 1 heterocycles. The number of aromatic nitrogens is 1. The van der Waals surface area contributed by atoms with Gasteiger partial charge >= 0.3 is 0 Å². The molecule has 0 spiro atoms. The summed E-state index contributed by atoms with van der Waals surface area (Å²) < 4.78 is 79.7. The normalized spacial score (nSPS) is 13.0. The summed E-state index contributed by atoms with van der Waals surface area (Å²) in [6.45, 7) is -0.536. The second-order valence-corrected chi connectivity index (χ2v) is 13.5. The average molecular weight is 520 g/mol. The minimum absolute atomic E-state index is 0.000155. The van der Waals surface area contributed by atoms with E-state index in [1.54, 1.807) is 30.3 Å². The Hall–Kier alpha value is -1.92. The summed E-state index contributed by atoms with van der Waals surface area (Å²) in [5.41, 5.74) is 0.844. The Morgan fingerprint density at radius 3 is 2.19 bits per heavy atom. The smallest absolute Gasteiger partial charge is 0.264 e. The van der Waals surface area contributed by atoms with Gasteiger partial charge in [-0.15, -0.1) is 0 Å². The van der Waals surface area contributed by atoms with Crippen LogP contribution >= 0.6 is 11.6 Å². The van der Waals surface area contributed by atoms with Gasteiger partial charge in [0.05, 0.1) is 28.1 Å². The topological polar surface area (TPSA) is 117 Å². The van der Waals surface area contributed by atoms with Crippen molar-refractivity contribution in [1.82, 2.24) is 3.97 Å². The molecule has 0 bridgehead atoms. The highest BCUT2D eigenvalue weighted by Gasteiger charge is 2.28. The second-order valence-electron chi connectivity index (χ2n) is 7.37. The lowest BCUT2D eigenvalue weighted by molar-refractivity contribution is 0.305. The average Bonchev–Trinajstić information content (AvgIpc) is 2.99. The van der Waals surface area contributed by atoms with Crippen molar-refractivity contribution in [1.29, 1.82) is 0 Å². The molecule has 0 radical (unpaired) electrons. The predicted octanol–water partition coefficient (Wildman–Crippen LogP) is 2.99. The summed E-state index contributed by atoms with van der Waals surface area (Å²) in [6.07, 6.45) is 2.40. The molecule has 32 heavy (non-hydrogen) atoms. The van der Waals surface area contributed by atoms with Crippen molar-refractivity contribution in [2.45, 2.75) is 24.3 Å². The third-order valence-corrected chi connectivity index (χ3v) is 8.31. The first kappa shape index (κ1) is 24.7. The fourth-order valence-corrected chi connectivity index (χ4v) is 6.16. The van der Waals surface area contributed by atoms with Crippen LogP contribution in [0, 0.1) is 0 Å². The Morgan fingerprint density at radius 1 is 0.938 bits per heavy atom. The summed E-state index contributed by atoms with van der Waals surface area (Å²) in [4.78, 5) is 0.000155. The van der Waals surface area contributed by atoms with Crippen LogP contribution in [0.2, 0.25) is 5.02 Å². The summed E-state index contributed by atoms with van der Waals surface area (Å²) in [7, 11) is -11.3. The van der Waals surface area contributed by atoms with E-state index in [0.29, 0.717) is 10.9 Å². The highest BCUT2D eigenvalue weighted by molar-refractivity contribution is 7.90. The van der Waals surface area contributed by atoms with Crippen molar-refractivity contribution in [2.24, 2.45) is 0 Å². The van der Waals surface area contributed by atoms with Crippen molar-refractivity contribution in [3.8, 4) is 0 Å². The fraction of sp³-hybridized carbons (Fsp3) is 0.300. The van der Waals surface area contributed by atoms with Crippen LogP contribution in [0.15, 0.2) is 53.4 Å². The first-order valence-corrected chi connectivity index (χ1v) is 15.1. The third-order valence-electron chi connectivity index (χ3n) is 4.73. The molecule has 0 N–H and O–H groups in total. The van der Waals surface area contributed by atoms with Gasteiger partial charge in [-0.05, 0) is 42.7 Å². The molecule has 0 atom stereocenters. The van der Waals surface area contributed by atoms with Crippen LogP contribution in [-0.4, -0.2) is 47.5 Å². The van der Waals surface area contributed by atoms with Crippen molar-refractivity contribution in [3.05, 3.63) is 64.8 Å². The van der Waals surface area contributed by atoms with Crippen LogP contribution in [0.5, 0.6) is 0 Å². The molecule has 0 aliphatic heterocycles. The number of rotatable bonds is 9.